The summed E-state index contributed by atoms with van der Waals surface area (Å²) < 4.78 is 1.68. The minimum absolute atomic E-state index is 0.626. The summed E-state index contributed by atoms with van der Waals surface area (Å²) in [6.07, 6.45) is 6.02. The summed E-state index contributed by atoms with van der Waals surface area (Å²) in [6, 6.07) is 5.81. The second-order valence-corrected chi connectivity index (χ2v) is 4.24. The zero-order valence-electron chi connectivity index (χ0n) is 9.58. The second kappa shape index (κ2) is 4.08. The Morgan fingerprint density at radius 2 is 1.94 bits per heavy atom. The van der Waals surface area contributed by atoms with E-state index in [-0.39, 0.29) is 0 Å². The van der Waals surface area contributed by atoms with Crippen molar-refractivity contribution < 1.29 is 0 Å². The number of anilines is 2. The molecule has 1 aliphatic heterocycles. The third-order valence-electron chi connectivity index (χ3n) is 3.08. The minimum atomic E-state index is 0.626. The van der Waals surface area contributed by atoms with Gasteiger partial charge in [0.15, 0.2) is 0 Å². The van der Waals surface area contributed by atoms with E-state index in [1.165, 1.54) is 12.8 Å². The number of nitrogen functional groups attached to an aromatic ring is 1. The lowest BCUT2D eigenvalue weighted by Crippen LogP contribution is -2.18. The lowest BCUT2D eigenvalue weighted by Gasteiger charge is -2.16. The first-order valence-corrected chi connectivity index (χ1v) is 5.85. The van der Waals surface area contributed by atoms with Crippen molar-refractivity contribution in [2.45, 2.75) is 12.8 Å². The number of pyridine rings is 1. The normalized spacial score (nSPS) is 15.4. The summed E-state index contributed by atoms with van der Waals surface area (Å²) in [5.41, 5.74) is 6.69. The van der Waals surface area contributed by atoms with Crippen molar-refractivity contribution in [3.8, 4) is 5.69 Å². The number of hydrogen-bond donors (Lipinski definition) is 1. The van der Waals surface area contributed by atoms with Crippen LogP contribution in [0.2, 0.25) is 0 Å². The molecule has 1 saturated heterocycles. The van der Waals surface area contributed by atoms with Crippen LogP contribution in [-0.4, -0.2) is 27.9 Å². The van der Waals surface area contributed by atoms with Gasteiger partial charge in [-0.2, -0.15) is 5.10 Å². The fourth-order valence-corrected chi connectivity index (χ4v) is 2.17. The van der Waals surface area contributed by atoms with E-state index in [0.29, 0.717) is 5.82 Å². The Labute approximate surface area is 99.9 Å². The van der Waals surface area contributed by atoms with Crippen LogP contribution in [0.1, 0.15) is 12.8 Å². The van der Waals surface area contributed by atoms with Crippen LogP contribution in [0.3, 0.4) is 0 Å². The van der Waals surface area contributed by atoms with Crippen LogP contribution in [-0.2, 0) is 0 Å². The molecule has 0 amide bonds. The van der Waals surface area contributed by atoms with Crippen LogP contribution >= 0.6 is 0 Å². The summed E-state index contributed by atoms with van der Waals surface area (Å²) >= 11 is 0. The molecule has 0 spiro atoms. The number of nitrogens with two attached hydrogens (primary N) is 1. The molecule has 0 unspecified atom stereocenters. The molecule has 0 bridgehead atoms. The van der Waals surface area contributed by atoms with Gasteiger partial charge in [0.25, 0.3) is 0 Å². The fourth-order valence-electron chi connectivity index (χ4n) is 2.17. The van der Waals surface area contributed by atoms with Gasteiger partial charge in [-0.3, -0.25) is 0 Å². The molecule has 0 atom stereocenters. The summed E-state index contributed by atoms with van der Waals surface area (Å²) in [5, 5.41) is 4.15. The maximum Gasteiger partial charge on any atom is 0.128 e. The van der Waals surface area contributed by atoms with Crippen molar-refractivity contribution in [3.05, 3.63) is 30.6 Å². The van der Waals surface area contributed by atoms with Gasteiger partial charge < -0.3 is 10.6 Å². The smallest absolute Gasteiger partial charge is 0.128 e. The van der Waals surface area contributed by atoms with E-state index in [1.54, 1.807) is 16.9 Å². The fraction of sp³-hybridized carbons (Fsp3) is 0.333. The third kappa shape index (κ3) is 1.84. The molecule has 3 heterocycles. The largest absolute Gasteiger partial charge is 0.384 e. The lowest BCUT2D eigenvalue weighted by atomic mass is 10.4. The molecule has 17 heavy (non-hydrogen) atoms. The maximum absolute atomic E-state index is 5.80. The van der Waals surface area contributed by atoms with Crippen molar-refractivity contribution in [1.82, 2.24) is 14.8 Å². The standard InChI is InChI=1S/C12H15N5/c13-11-5-6-15-17(11)10-3-4-12(14-9-10)16-7-1-2-8-16/h3-6,9H,1-2,7-8,13H2. The first kappa shape index (κ1) is 10.1. The van der Waals surface area contributed by atoms with E-state index in [0.717, 1.165) is 24.6 Å². The van der Waals surface area contributed by atoms with Crippen LogP contribution in [0.5, 0.6) is 0 Å². The van der Waals surface area contributed by atoms with Gasteiger partial charge in [0.2, 0.25) is 0 Å². The zero-order chi connectivity index (χ0) is 11.7. The Morgan fingerprint density at radius 3 is 2.53 bits per heavy atom. The highest BCUT2D eigenvalue weighted by Gasteiger charge is 2.13. The molecule has 0 radical (unpaired) electrons. The highest BCUT2D eigenvalue weighted by molar-refractivity contribution is 5.46. The second-order valence-electron chi connectivity index (χ2n) is 4.24. The van der Waals surface area contributed by atoms with Crippen LogP contribution < -0.4 is 10.6 Å². The van der Waals surface area contributed by atoms with Crippen molar-refractivity contribution >= 4 is 11.6 Å². The Hall–Kier alpha value is -2.04. The molecule has 0 saturated carbocycles. The average Bonchev–Trinajstić information content (AvgIpc) is 3.00. The highest BCUT2D eigenvalue weighted by atomic mass is 15.3. The molecule has 1 aliphatic rings. The quantitative estimate of drug-likeness (QED) is 0.846. The average molecular weight is 229 g/mol. The third-order valence-corrected chi connectivity index (χ3v) is 3.08. The Kier molecular flexibility index (Phi) is 2.44. The maximum atomic E-state index is 5.80. The molecule has 0 aliphatic carbocycles. The minimum Gasteiger partial charge on any atom is -0.384 e. The van der Waals surface area contributed by atoms with Gasteiger partial charge in [-0.1, -0.05) is 0 Å². The number of rotatable bonds is 2. The number of hydrogen-bond acceptors (Lipinski definition) is 4. The Bertz CT molecular complexity index is 496. The molecule has 2 aromatic heterocycles. The highest BCUT2D eigenvalue weighted by Crippen LogP contribution is 2.19. The predicted molar refractivity (Wildman–Crippen MR) is 67.2 cm³/mol. The first-order valence-electron chi connectivity index (χ1n) is 5.85. The van der Waals surface area contributed by atoms with Gasteiger partial charge >= 0.3 is 0 Å². The molecular weight excluding hydrogens is 214 g/mol. The number of nitrogens with zero attached hydrogens (tertiary/aromatic N) is 4. The van der Waals surface area contributed by atoms with Gasteiger partial charge in [0.1, 0.15) is 11.6 Å². The number of aromatic nitrogens is 3. The van der Waals surface area contributed by atoms with Crippen molar-refractivity contribution in [2.75, 3.05) is 23.7 Å². The van der Waals surface area contributed by atoms with E-state index in [9.17, 15) is 0 Å². The van der Waals surface area contributed by atoms with E-state index in [2.05, 4.69) is 15.0 Å². The van der Waals surface area contributed by atoms with Crippen LogP contribution in [0.15, 0.2) is 30.6 Å². The molecule has 88 valence electrons. The van der Waals surface area contributed by atoms with E-state index in [4.69, 9.17) is 5.73 Å². The molecule has 5 nitrogen and oxygen atoms in total. The summed E-state index contributed by atoms with van der Waals surface area (Å²) in [5.74, 6) is 1.66. The Morgan fingerprint density at radius 1 is 1.12 bits per heavy atom. The van der Waals surface area contributed by atoms with Crippen LogP contribution in [0.25, 0.3) is 5.69 Å². The molecule has 5 heteroatoms. The van der Waals surface area contributed by atoms with Crippen molar-refractivity contribution in [2.24, 2.45) is 0 Å². The van der Waals surface area contributed by atoms with Crippen molar-refractivity contribution in [3.63, 3.8) is 0 Å². The van der Waals surface area contributed by atoms with E-state index < -0.39 is 0 Å². The lowest BCUT2D eigenvalue weighted by molar-refractivity contribution is 0.876. The van der Waals surface area contributed by atoms with E-state index >= 15 is 0 Å². The summed E-state index contributed by atoms with van der Waals surface area (Å²) in [6.45, 7) is 2.21. The molecule has 2 N–H and O–H groups in total. The molecule has 3 rings (SSSR count). The van der Waals surface area contributed by atoms with Gasteiger partial charge in [-0.15, -0.1) is 0 Å². The SMILES string of the molecule is Nc1ccnn1-c1ccc(N2CCCC2)nc1. The van der Waals surface area contributed by atoms with Gasteiger partial charge in [-0.05, 0) is 25.0 Å². The van der Waals surface area contributed by atoms with Gasteiger partial charge in [0.05, 0.1) is 18.1 Å². The topological polar surface area (TPSA) is 60.0 Å². The molecule has 2 aromatic rings. The summed E-state index contributed by atoms with van der Waals surface area (Å²) in [4.78, 5) is 6.77. The molecular formula is C12H15N5. The monoisotopic (exact) mass is 229 g/mol. The van der Waals surface area contributed by atoms with E-state index in [1.807, 2.05) is 18.3 Å². The Balaban J connectivity index is 1.87. The predicted octanol–water partition coefficient (Wildman–Crippen LogP) is 1.45. The van der Waals surface area contributed by atoms with Crippen molar-refractivity contribution in [1.29, 1.82) is 0 Å². The summed E-state index contributed by atoms with van der Waals surface area (Å²) in [7, 11) is 0. The van der Waals surface area contributed by atoms with Gasteiger partial charge in [-0.25, -0.2) is 9.67 Å². The zero-order valence-corrected chi connectivity index (χ0v) is 9.58. The van der Waals surface area contributed by atoms with Gasteiger partial charge in [0, 0.05) is 19.2 Å². The van der Waals surface area contributed by atoms with Crippen LogP contribution in [0, 0.1) is 0 Å². The molecule has 0 aromatic carbocycles. The van der Waals surface area contributed by atoms with Crippen LogP contribution in [0.4, 0.5) is 11.6 Å². The molecule has 1 fully saturated rings. The first-order chi connectivity index (χ1) is 8.34.